The van der Waals surface area contributed by atoms with E-state index in [4.69, 9.17) is 5.73 Å². The van der Waals surface area contributed by atoms with E-state index in [1.165, 1.54) is 83.5 Å². The van der Waals surface area contributed by atoms with Crippen LogP contribution in [0.15, 0.2) is 0 Å². The molecule has 0 aromatic rings. The highest BCUT2D eigenvalue weighted by molar-refractivity contribution is 4.72. The van der Waals surface area contributed by atoms with Crippen molar-refractivity contribution in [1.29, 1.82) is 0 Å². The fraction of sp³-hybridized carbons (Fsp3) is 1.00. The van der Waals surface area contributed by atoms with Crippen molar-refractivity contribution in [3.63, 3.8) is 0 Å². The van der Waals surface area contributed by atoms with E-state index in [1.807, 2.05) is 6.92 Å². The highest BCUT2D eigenvalue weighted by Gasteiger charge is 2.16. The molecule has 0 heterocycles. The molecule has 2 heteroatoms. The maximum atomic E-state index is 9.79. The van der Waals surface area contributed by atoms with Crippen LogP contribution in [0.3, 0.4) is 0 Å². The third-order valence-corrected chi connectivity index (χ3v) is 4.51. The summed E-state index contributed by atoms with van der Waals surface area (Å²) in [4.78, 5) is 0. The second-order valence-corrected chi connectivity index (χ2v) is 7.05. The largest absolute Gasteiger partial charge is 0.389 e. The third kappa shape index (κ3) is 16.1. The van der Waals surface area contributed by atoms with E-state index in [2.05, 4.69) is 6.92 Å². The average molecular weight is 300 g/mol. The van der Waals surface area contributed by atoms with Crippen molar-refractivity contribution < 1.29 is 5.11 Å². The van der Waals surface area contributed by atoms with Crippen LogP contribution < -0.4 is 5.73 Å². The van der Waals surface area contributed by atoms with E-state index in [-0.39, 0.29) is 0 Å². The van der Waals surface area contributed by atoms with Gasteiger partial charge in [-0.1, -0.05) is 96.8 Å². The quantitative estimate of drug-likeness (QED) is 0.366. The predicted molar refractivity (Wildman–Crippen MR) is 94.6 cm³/mol. The van der Waals surface area contributed by atoms with Gasteiger partial charge < -0.3 is 10.8 Å². The maximum Gasteiger partial charge on any atom is 0.0741 e. The monoisotopic (exact) mass is 299 g/mol. The highest BCUT2D eigenvalue weighted by atomic mass is 16.3. The maximum absolute atomic E-state index is 9.79. The smallest absolute Gasteiger partial charge is 0.0741 e. The first-order chi connectivity index (χ1) is 10.1. The van der Waals surface area contributed by atoms with Crippen LogP contribution in [0.5, 0.6) is 0 Å². The van der Waals surface area contributed by atoms with Gasteiger partial charge in [-0.25, -0.2) is 0 Å². The molecular formula is C19H41NO. The van der Waals surface area contributed by atoms with Gasteiger partial charge in [0.1, 0.15) is 0 Å². The minimum atomic E-state index is -0.642. The molecule has 1 unspecified atom stereocenters. The first-order valence-corrected chi connectivity index (χ1v) is 9.55. The van der Waals surface area contributed by atoms with E-state index < -0.39 is 5.60 Å². The molecule has 3 N–H and O–H groups in total. The van der Waals surface area contributed by atoms with Crippen molar-refractivity contribution in [3.05, 3.63) is 0 Å². The summed E-state index contributed by atoms with van der Waals surface area (Å²) < 4.78 is 0. The molecule has 1 atom stereocenters. The van der Waals surface area contributed by atoms with Gasteiger partial charge in [0.2, 0.25) is 0 Å². The number of rotatable bonds is 16. The molecule has 0 spiro atoms. The zero-order chi connectivity index (χ0) is 15.8. The molecule has 0 amide bonds. The van der Waals surface area contributed by atoms with Crippen molar-refractivity contribution in [2.45, 2.75) is 116 Å². The van der Waals surface area contributed by atoms with Crippen LogP contribution >= 0.6 is 0 Å². The molecule has 0 aromatic heterocycles. The van der Waals surface area contributed by atoms with Crippen molar-refractivity contribution >= 4 is 0 Å². The first-order valence-electron chi connectivity index (χ1n) is 9.55. The Morgan fingerprint density at radius 1 is 0.667 bits per heavy atom. The molecule has 0 aliphatic carbocycles. The van der Waals surface area contributed by atoms with E-state index in [0.29, 0.717) is 6.54 Å². The van der Waals surface area contributed by atoms with E-state index in [0.717, 1.165) is 12.8 Å². The Labute approximate surface area is 133 Å². The fourth-order valence-electron chi connectivity index (χ4n) is 2.80. The molecular weight excluding hydrogens is 258 g/mol. The number of unbranched alkanes of at least 4 members (excludes halogenated alkanes) is 13. The summed E-state index contributed by atoms with van der Waals surface area (Å²) >= 11 is 0. The van der Waals surface area contributed by atoms with Crippen LogP contribution in [0.25, 0.3) is 0 Å². The van der Waals surface area contributed by atoms with Crippen LogP contribution in [0.4, 0.5) is 0 Å². The van der Waals surface area contributed by atoms with Crippen LogP contribution in [0.2, 0.25) is 0 Å². The summed E-state index contributed by atoms with van der Waals surface area (Å²) in [7, 11) is 0. The average Bonchev–Trinajstić information content (AvgIpc) is 2.47. The molecule has 128 valence electrons. The van der Waals surface area contributed by atoms with Gasteiger partial charge in [0, 0.05) is 6.54 Å². The molecule has 0 bridgehead atoms. The minimum Gasteiger partial charge on any atom is -0.389 e. The van der Waals surface area contributed by atoms with Gasteiger partial charge in [-0.2, -0.15) is 0 Å². The summed E-state index contributed by atoms with van der Waals surface area (Å²) in [5.41, 5.74) is 4.87. The van der Waals surface area contributed by atoms with Crippen molar-refractivity contribution in [2.24, 2.45) is 5.73 Å². The standard InChI is InChI=1S/C19H41NO/c1-3-4-5-6-7-8-9-10-11-12-13-14-15-16-17-19(2,21)18-20/h21H,3-18,20H2,1-2H3. The van der Waals surface area contributed by atoms with Gasteiger partial charge in [0.15, 0.2) is 0 Å². The lowest BCUT2D eigenvalue weighted by Crippen LogP contribution is -2.33. The molecule has 0 saturated carbocycles. The van der Waals surface area contributed by atoms with Gasteiger partial charge in [0.05, 0.1) is 5.60 Å². The lowest BCUT2D eigenvalue weighted by Gasteiger charge is -2.20. The molecule has 0 radical (unpaired) electrons. The summed E-state index contributed by atoms with van der Waals surface area (Å²) in [6.07, 6.45) is 20.1. The Morgan fingerprint density at radius 2 is 1.00 bits per heavy atom. The molecule has 0 fully saturated rings. The van der Waals surface area contributed by atoms with E-state index in [1.54, 1.807) is 0 Å². The van der Waals surface area contributed by atoms with E-state index >= 15 is 0 Å². The second kappa shape index (κ2) is 14.8. The first kappa shape index (κ1) is 20.9. The van der Waals surface area contributed by atoms with Gasteiger partial charge >= 0.3 is 0 Å². The van der Waals surface area contributed by atoms with Crippen LogP contribution in [-0.2, 0) is 0 Å². The zero-order valence-corrected chi connectivity index (χ0v) is 14.8. The van der Waals surface area contributed by atoms with Crippen molar-refractivity contribution in [2.75, 3.05) is 6.54 Å². The second-order valence-electron chi connectivity index (χ2n) is 7.05. The zero-order valence-electron chi connectivity index (χ0n) is 14.8. The van der Waals surface area contributed by atoms with Crippen LogP contribution in [0, 0.1) is 0 Å². The number of hydrogen-bond acceptors (Lipinski definition) is 2. The van der Waals surface area contributed by atoms with Gasteiger partial charge in [-0.05, 0) is 13.3 Å². The SMILES string of the molecule is CCCCCCCCCCCCCCCCC(C)(O)CN. The third-order valence-electron chi connectivity index (χ3n) is 4.51. The molecule has 21 heavy (non-hydrogen) atoms. The van der Waals surface area contributed by atoms with E-state index in [9.17, 15) is 5.11 Å². The highest BCUT2D eigenvalue weighted by Crippen LogP contribution is 2.16. The molecule has 0 aromatic carbocycles. The predicted octanol–water partition coefficient (Wildman–Crippen LogP) is 5.57. The molecule has 2 nitrogen and oxygen atoms in total. The minimum absolute atomic E-state index is 0.380. The lowest BCUT2D eigenvalue weighted by molar-refractivity contribution is 0.0571. The van der Waals surface area contributed by atoms with Gasteiger partial charge in [-0.3, -0.25) is 0 Å². The van der Waals surface area contributed by atoms with Gasteiger partial charge in [-0.15, -0.1) is 0 Å². The van der Waals surface area contributed by atoms with Gasteiger partial charge in [0.25, 0.3) is 0 Å². The Hall–Kier alpha value is -0.0800. The summed E-state index contributed by atoms with van der Waals surface area (Å²) in [5, 5.41) is 9.79. The van der Waals surface area contributed by atoms with Crippen molar-refractivity contribution in [3.8, 4) is 0 Å². The molecule has 0 saturated heterocycles. The normalized spacial score (nSPS) is 14.3. The molecule has 0 aliphatic rings. The number of aliphatic hydroxyl groups is 1. The Morgan fingerprint density at radius 3 is 1.33 bits per heavy atom. The Kier molecular flexibility index (Phi) is 14.8. The topological polar surface area (TPSA) is 46.2 Å². The van der Waals surface area contributed by atoms with Crippen LogP contribution in [-0.4, -0.2) is 17.3 Å². The number of nitrogens with two attached hydrogens (primary N) is 1. The van der Waals surface area contributed by atoms with Crippen molar-refractivity contribution in [1.82, 2.24) is 0 Å². The summed E-state index contributed by atoms with van der Waals surface area (Å²) in [5.74, 6) is 0. The Balaban J connectivity index is 3.06. The molecule has 0 rings (SSSR count). The number of hydrogen-bond donors (Lipinski definition) is 2. The van der Waals surface area contributed by atoms with Crippen LogP contribution in [0.1, 0.15) is 110 Å². The summed E-state index contributed by atoms with van der Waals surface area (Å²) in [6.45, 7) is 4.50. The Bertz CT molecular complexity index is 204. The summed E-state index contributed by atoms with van der Waals surface area (Å²) in [6, 6.07) is 0. The lowest BCUT2D eigenvalue weighted by atomic mass is 9.97. The fourth-order valence-corrected chi connectivity index (χ4v) is 2.80. The molecule has 0 aliphatic heterocycles.